The summed E-state index contributed by atoms with van der Waals surface area (Å²) in [7, 11) is 0. The van der Waals surface area contributed by atoms with Gasteiger partial charge in [-0.25, -0.2) is 0 Å². The molecule has 1 amide bonds. The van der Waals surface area contributed by atoms with E-state index in [-0.39, 0.29) is 30.9 Å². The third kappa shape index (κ3) is 7.86. The van der Waals surface area contributed by atoms with Crippen LogP contribution in [0.2, 0.25) is 0 Å². The summed E-state index contributed by atoms with van der Waals surface area (Å²) >= 11 is 0. The average Bonchev–Trinajstić information content (AvgIpc) is 3.00. The van der Waals surface area contributed by atoms with E-state index in [0.717, 1.165) is 27.8 Å². The lowest BCUT2D eigenvalue weighted by Gasteiger charge is -2.27. The molecule has 4 aromatic carbocycles. The van der Waals surface area contributed by atoms with Crippen LogP contribution in [0, 0.1) is 11.3 Å². The summed E-state index contributed by atoms with van der Waals surface area (Å²) in [6.45, 7) is 0.928. The van der Waals surface area contributed by atoms with Crippen molar-refractivity contribution < 1.29 is 14.6 Å². The fourth-order valence-corrected chi connectivity index (χ4v) is 4.62. The minimum atomic E-state index is -0.455. The van der Waals surface area contributed by atoms with Crippen LogP contribution in [0.25, 0.3) is 11.1 Å². The van der Waals surface area contributed by atoms with Crippen LogP contribution in [-0.2, 0) is 24.3 Å². The van der Waals surface area contributed by atoms with Gasteiger partial charge in [0.05, 0.1) is 19.3 Å². The van der Waals surface area contributed by atoms with Gasteiger partial charge in [-0.15, -0.1) is 0 Å². The third-order valence-corrected chi connectivity index (χ3v) is 6.91. The number of hydrogen-bond acceptors (Lipinski definition) is 5. The van der Waals surface area contributed by atoms with Gasteiger partial charge in [-0.05, 0) is 58.5 Å². The number of hydrogen-bond donors (Lipinski definition) is 5. The molecule has 0 heterocycles. The molecule has 0 spiro atoms. The minimum absolute atomic E-state index is 0.0170. The Morgan fingerprint density at radius 3 is 2.23 bits per heavy atom. The second-order valence-electron chi connectivity index (χ2n) is 9.82. The molecule has 0 fully saturated rings. The number of aliphatic hydroxyl groups excluding tert-OH is 1. The molecule has 0 aliphatic rings. The van der Waals surface area contributed by atoms with Gasteiger partial charge < -0.3 is 26.6 Å². The van der Waals surface area contributed by atoms with Gasteiger partial charge in [0.2, 0.25) is 0 Å². The Kier molecular flexibility index (Phi) is 10.2. The first-order valence-electron chi connectivity index (χ1n) is 13.3. The van der Waals surface area contributed by atoms with E-state index in [2.05, 4.69) is 5.32 Å². The summed E-state index contributed by atoms with van der Waals surface area (Å²) < 4.78 is 6.01. The topological polar surface area (TPSA) is 134 Å². The van der Waals surface area contributed by atoms with Crippen molar-refractivity contribution in [3.05, 3.63) is 131 Å². The van der Waals surface area contributed by atoms with Crippen molar-refractivity contribution in [3.8, 4) is 11.1 Å². The number of carbonyl (C=O) groups is 1. The van der Waals surface area contributed by atoms with Crippen LogP contribution in [0.15, 0.2) is 103 Å². The molecule has 206 valence electrons. The van der Waals surface area contributed by atoms with Crippen LogP contribution < -0.4 is 16.8 Å². The van der Waals surface area contributed by atoms with E-state index in [1.165, 1.54) is 0 Å². The highest BCUT2D eigenvalue weighted by Gasteiger charge is 2.24. The summed E-state index contributed by atoms with van der Waals surface area (Å²) in [5, 5.41) is 21.2. The predicted octanol–water partition coefficient (Wildman–Crippen LogP) is 4.26. The van der Waals surface area contributed by atoms with Gasteiger partial charge in [-0.2, -0.15) is 0 Å². The van der Waals surface area contributed by atoms with Gasteiger partial charge in [0, 0.05) is 30.2 Å². The number of aliphatic hydroxyl groups is 1. The number of nitrogens with two attached hydrogens (primary N) is 2. The summed E-state index contributed by atoms with van der Waals surface area (Å²) in [5.41, 5.74) is 17.6. The highest BCUT2D eigenvalue weighted by atomic mass is 16.5. The maximum atomic E-state index is 13.3. The average molecular weight is 537 g/mol. The third-order valence-electron chi connectivity index (χ3n) is 6.91. The van der Waals surface area contributed by atoms with Crippen LogP contribution in [-0.4, -0.2) is 36.1 Å². The largest absolute Gasteiger partial charge is 0.396 e. The molecule has 4 rings (SSSR count). The van der Waals surface area contributed by atoms with Crippen molar-refractivity contribution in [3.63, 3.8) is 0 Å². The lowest BCUT2D eigenvalue weighted by Crippen LogP contribution is -2.45. The van der Waals surface area contributed by atoms with Crippen LogP contribution in [0.5, 0.6) is 0 Å². The Labute approximate surface area is 235 Å². The molecule has 0 aromatic heterocycles. The maximum absolute atomic E-state index is 13.3. The molecule has 0 saturated carbocycles. The molecule has 40 heavy (non-hydrogen) atoms. The Balaban J connectivity index is 1.50. The number of amides is 1. The second kappa shape index (κ2) is 14.2. The number of rotatable bonds is 13. The minimum Gasteiger partial charge on any atom is -0.396 e. The molecular formula is C33H36N4O3. The monoisotopic (exact) mass is 536 g/mol. The van der Waals surface area contributed by atoms with Crippen molar-refractivity contribution in [2.75, 3.05) is 13.2 Å². The van der Waals surface area contributed by atoms with Crippen LogP contribution >= 0.6 is 0 Å². The SMILES string of the molecule is N=C(N)c1cccc(CC(CO)C(COCc2ccccc2)NC(=O)c2ccc(-c3cccc(CN)c3)cc2)c1. The van der Waals surface area contributed by atoms with Crippen molar-refractivity contribution in [2.24, 2.45) is 17.4 Å². The zero-order valence-electron chi connectivity index (χ0n) is 22.4. The molecule has 0 aliphatic heterocycles. The fourth-order valence-electron chi connectivity index (χ4n) is 4.62. The molecular weight excluding hydrogens is 500 g/mol. The highest BCUT2D eigenvalue weighted by molar-refractivity contribution is 5.95. The van der Waals surface area contributed by atoms with E-state index in [9.17, 15) is 9.90 Å². The van der Waals surface area contributed by atoms with E-state index in [0.29, 0.717) is 30.7 Å². The molecule has 0 radical (unpaired) electrons. The highest BCUT2D eigenvalue weighted by Crippen LogP contribution is 2.22. The first kappa shape index (κ1) is 28.7. The fraction of sp³-hybridized carbons (Fsp3) is 0.212. The lowest BCUT2D eigenvalue weighted by atomic mass is 9.92. The van der Waals surface area contributed by atoms with E-state index in [1.54, 1.807) is 18.2 Å². The first-order valence-corrected chi connectivity index (χ1v) is 13.3. The van der Waals surface area contributed by atoms with Crippen molar-refractivity contribution in [1.29, 1.82) is 5.41 Å². The predicted molar refractivity (Wildman–Crippen MR) is 159 cm³/mol. The number of amidine groups is 1. The number of carbonyl (C=O) groups excluding carboxylic acids is 1. The van der Waals surface area contributed by atoms with Crippen molar-refractivity contribution in [1.82, 2.24) is 5.32 Å². The summed E-state index contributed by atoms with van der Waals surface area (Å²) in [5.74, 6) is -0.580. The van der Waals surface area contributed by atoms with Crippen LogP contribution in [0.1, 0.15) is 32.6 Å². The summed E-state index contributed by atoms with van der Waals surface area (Å²) in [6, 6.07) is 32.2. The van der Waals surface area contributed by atoms with Gasteiger partial charge in [0.15, 0.2) is 0 Å². The number of ether oxygens (including phenoxy) is 1. The zero-order chi connectivity index (χ0) is 28.3. The molecule has 7 nitrogen and oxygen atoms in total. The van der Waals surface area contributed by atoms with Gasteiger partial charge >= 0.3 is 0 Å². The standard InChI is InChI=1S/C33H36N4O3/c34-19-25-9-5-10-28(18-25)26-12-14-27(15-13-26)33(39)37-31(22-40-21-23-6-2-1-3-7-23)30(20-38)17-24-8-4-11-29(16-24)32(35)36/h1-16,18,30-31,38H,17,19-22,34H2,(H3,35,36)(H,37,39). The molecule has 2 unspecified atom stereocenters. The van der Waals surface area contributed by atoms with Crippen molar-refractivity contribution >= 4 is 11.7 Å². The second-order valence-corrected chi connectivity index (χ2v) is 9.82. The summed E-state index contributed by atoms with van der Waals surface area (Å²) in [4.78, 5) is 13.3. The normalized spacial score (nSPS) is 12.4. The first-order chi connectivity index (χ1) is 19.5. The molecule has 4 aromatic rings. The number of benzene rings is 4. The molecule has 0 aliphatic carbocycles. The molecule has 7 N–H and O–H groups in total. The molecule has 0 bridgehead atoms. The van der Waals surface area contributed by atoms with E-state index >= 15 is 0 Å². The smallest absolute Gasteiger partial charge is 0.251 e. The van der Waals surface area contributed by atoms with Gasteiger partial charge in [0.25, 0.3) is 5.91 Å². The van der Waals surface area contributed by atoms with Crippen LogP contribution in [0.3, 0.4) is 0 Å². The number of nitrogens with one attached hydrogen (secondary N) is 2. The lowest BCUT2D eigenvalue weighted by molar-refractivity contribution is 0.0592. The quantitative estimate of drug-likeness (QED) is 0.129. The van der Waals surface area contributed by atoms with E-state index in [1.807, 2.05) is 84.9 Å². The Morgan fingerprint density at radius 2 is 1.52 bits per heavy atom. The molecule has 2 atom stereocenters. The molecule has 0 saturated heterocycles. The van der Waals surface area contributed by atoms with Crippen molar-refractivity contribution in [2.45, 2.75) is 25.6 Å². The molecule has 7 heteroatoms. The van der Waals surface area contributed by atoms with Gasteiger partial charge in [-0.1, -0.05) is 78.9 Å². The van der Waals surface area contributed by atoms with E-state index < -0.39 is 6.04 Å². The van der Waals surface area contributed by atoms with Gasteiger partial charge in [0.1, 0.15) is 5.84 Å². The maximum Gasteiger partial charge on any atom is 0.251 e. The zero-order valence-corrected chi connectivity index (χ0v) is 22.4. The summed E-state index contributed by atoms with van der Waals surface area (Å²) in [6.07, 6.45) is 0.480. The Hall–Kier alpha value is -4.30. The Morgan fingerprint density at radius 1 is 0.825 bits per heavy atom. The van der Waals surface area contributed by atoms with Crippen LogP contribution in [0.4, 0.5) is 0 Å². The Bertz CT molecular complexity index is 1410. The van der Waals surface area contributed by atoms with Gasteiger partial charge in [-0.3, -0.25) is 10.2 Å². The number of nitrogen functional groups attached to an aromatic ring is 1. The van der Waals surface area contributed by atoms with E-state index in [4.69, 9.17) is 21.6 Å².